The van der Waals surface area contributed by atoms with Crippen LogP contribution < -0.4 is 10.1 Å². The van der Waals surface area contributed by atoms with Gasteiger partial charge in [0.1, 0.15) is 0 Å². The number of benzene rings is 1. The summed E-state index contributed by atoms with van der Waals surface area (Å²) in [5.41, 5.74) is 0. The maximum Gasteiger partial charge on any atom is 0.173 e. The normalized spacial score (nSPS) is 12.5. The Kier molecular flexibility index (Phi) is 4.85. The molecule has 1 unspecified atom stereocenters. The van der Waals surface area contributed by atoms with Crippen LogP contribution in [0.25, 0.3) is 0 Å². The fourth-order valence-corrected chi connectivity index (χ4v) is 1.47. The zero-order valence-corrected chi connectivity index (χ0v) is 9.64. The van der Waals surface area contributed by atoms with Gasteiger partial charge in [0, 0.05) is 12.5 Å². The van der Waals surface area contributed by atoms with Crippen LogP contribution in [-0.4, -0.2) is 20.2 Å². The third kappa shape index (κ3) is 3.68. The molecule has 4 heteroatoms. The number of nitrogens with one attached hydrogen (secondary N) is 1. The van der Waals surface area contributed by atoms with E-state index < -0.39 is 5.82 Å². The van der Waals surface area contributed by atoms with Crippen molar-refractivity contribution in [1.82, 2.24) is 5.32 Å². The first kappa shape index (κ1) is 12.3. The average Bonchev–Trinajstić information content (AvgIpc) is 2.17. The SMILES string of the molecule is CNCC(C)COc1c(F)cccc1Cl. The summed E-state index contributed by atoms with van der Waals surface area (Å²) in [6.45, 7) is 3.29. The standard InChI is InChI=1S/C11H15ClFNO/c1-8(6-14-2)7-15-11-9(12)4-3-5-10(11)13/h3-5,8,14H,6-7H2,1-2H3. The van der Waals surface area contributed by atoms with Crippen molar-refractivity contribution in [1.29, 1.82) is 0 Å². The first-order valence-corrected chi connectivity index (χ1v) is 5.24. The van der Waals surface area contributed by atoms with Crippen LogP contribution in [0.3, 0.4) is 0 Å². The van der Waals surface area contributed by atoms with Crippen LogP contribution in [0.2, 0.25) is 5.02 Å². The van der Waals surface area contributed by atoms with Gasteiger partial charge in [0.15, 0.2) is 11.6 Å². The van der Waals surface area contributed by atoms with Gasteiger partial charge < -0.3 is 10.1 Å². The number of halogens is 2. The minimum atomic E-state index is -0.417. The van der Waals surface area contributed by atoms with Crippen molar-refractivity contribution in [3.63, 3.8) is 0 Å². The molecule has 0 aliphatic heterocycles. The second kappa shape index (κ2) is 5.93. The molecule has 0 heterocycles. The monoisotopic (exact) mass is 231 g/mol. The molecule has 0 saturated carbocycles. The average molecular weight is 232 g/mol. The third-order valence-corrected chi connectivity index (χ3v) is 2.28. The summed E-state index contributed by atoms with van der Waals surface area (Å²) in [5, 5.41) is 3.34. The molecule has 15 heavy (non-hydrogen) atoms. The molecule has 0 amide bonds. The Morgan fingerprint density at radius 2 is 2.27 bits per heavy atom. The number of rotatable bonds is 5. The van der Waals surface area contributed by atoms with Crippen molar-refractivity contribution in [2.24, 2.45) is 5.92 Å². The topological polar surface area (TPSA) is 21.3 Å². The van der Waals surface area contributed by atoms with E-state index in [9.17, 15) is 4.39 Å². The first-order valence-electron chi connectivity index (χ1n) is 4.86. The van der Waals surface area contributed by atoms with Crippen LogP contribution in [0, 0.1) is 11.7 Å². The molecule has 0 aliphatic rings. The fourth-order valence-electron chi connectivity index (χ4n) is 1.25. The summed E-state index contributed by atoms with van der Waals surface area (Å²) < 4.78 is 18.6. The molecular formula is C11H15ClFNO. The van der Waals surface area contributed by atoms with Gasteiger partial charge in [-0.2, -0.15) is 0 Å². The lowest BCUT2D eigenvalue weighted by atomic mass is 10.2. The molecule has 0 radical (unpaired) electrons. The minimum Gasteiger partial charge on any atom is -0.489 e. The molecule has 1 N–H and O–H groups in total. The van der Waals surface area contributed by atoms with Crippen LogP contribution in [-0.2, 0) is 0 Å². The Bertz CT molecular complexity index is 299. The van der Waals surface area contributed by atoms with E-state index in [-0.39, 0.29) is 5.75 Å². The summed E-state index contributed by atoms with van der Waals surface area (Å²) in [6, 6.07) is 4.51. The van der Waals surface area contributed by atoms with Gasteiger partial charge >= 0.3 is 0 Å². The van der Waals surface area contributed by atoms with Gasteiger partial charge in [-0.05, 0) is 19.2 Å². The van der Waals surface area contributed by atoms with Gasteiger partial charge in [-0.15, -0.1) is 0 Å². The molecule has 1 atom stereocenters. The molecule has 1 aromatic rings. The molecule has 0 spiro atoms. The Morgan fingerprint density at radius 1 is 1.53 bits per heavy atom. The third-order valence-electron chi connectivity index (χ3n) is 1.98. The van der Waals surface area contributed by atoms with E-state index in [2.05, 4.69) is 5.32 Å². The molecule has 2 nitrogen and oxygen atoms in total. The molecule has 84 valence electrons. The van der Waals surface area contributed by atoms with Crippen LogP contribution in [0.5, 0.6) is 5.75 Å². The summed E-state index contributed by atoms with van der Waals surface area (Å²) >= 11 is 5.81. The Balaban J connectivity index is 2.57. The maximum atomic E-state index is 13.3. The van der Waals surface area contributed by atoms with Crippen molar-refractivity contribution in [2.45, 2.75) is 6.92 Å². The molecule has 0 aliphatic carbocycles. The Morgan fingerprint density at radius 3 is 2.87 bits per heavy atom. The summed E-state index contributed by atoms with van der Waals surface area (Å²) in [5.74, 6) is 0.0342. The molecule has 0 saturated heterocycles. The highest BCUT2D eigenvalue weighted by Gasteiger charge is 2.09. The maximum absolute atomic E-state index is 13.3. The molecule has 0 bridgehead atoms. The second-order valence-corrected chi connectivity index (χ2v) is 3.93. The summed E-state index contributed by atoms with van der Waals surface area (Å²) in [7, 11) is 1.87. The number of para-hydroxylation sites is 1. The largest absolute Gasteiger partial charge is 0.489 e. The zero-order chi connectivity index (χ0) is 11.3. The van der Waals surface area contributed by atoms with Gasteiger partial charge in [-0.3, -0.25) is 0 Å². The van der Waals surface area contributed by atoms with E-state index in [1.165, 1.54) is 6.07 Å². The second-order valence-electron chi connectivity index (χ2n) is 3.52. The van der Waals surface area contributed by atoms with E-state index in [0.29, 0.717) is 17.5 Å². The first-order chi connectivity index (χ1) is 7.15. The highest BCUT2D eigenvalue weighted by molar-refractivity contribution is 6.32. The van der Waals surface area contributed by atoms with E-state index in [0.717, 1.165) is 6.54 Å². The number of hydrogen-bond acceptors (Lipinski definition) is 2. The Labute approximate surface area is 94.4 Å². The van der Waals surface area contributed by atoms with Crippen LogP contribution >= 0.6 is 11.6 Å². The molecule has 1 aromatic carbocycles. The fraction of sp³-hybridized carbons (Fsp3) is 0.455. The van der Waals surface area contributed by atoms with Crippen molar-refractivity contribution in [3.8, 4) is 5.75 Å². The number of ether oxygens (including phenoxy) is 1. The van der Waals surface area contributed by atoms with Crippen molar-refractivity contribution in [2.75, 3.05) is 20.2 Å². The van der Waals surface area contributed by atoms with Gasteiger partial charge in [0.2, 0.25) is 0 Å². The lowest BCUT2D eigenvalue weighted by Gasteiger charge is -2.13. The minimum absolute atomic E-state index is 0.141. The van der Waals surface area contributed by atoms with Crippen molar-refractivity contribution >= 4 is 11.6 Å². The highest BCUT2D eigenvalue weighted by atomic mass is 35.5. The van der Waals surface area contributed by atoms with E-state index in [4.69, 9.17) is 16.3 Å². The summed E-state index contributed by atoms with van der Waals surface area (Å²) in [4.78, 5) is 0. The van der Waals surface area contributed by atoms with E-state index in [1.54, 1.807) is 12.1 Å². The lowest BCUT2D eigenvalue weighted by molar-refractivity contribution is 0.248. The summed E-state index contributed by atoms with van der Waals surface area (Å²) in [6.07, 6.45) is 0. The van der Waals surface area contributed by atoms with Gasteiger partial charge in [-0.25, -0.2) is 4.39 Å². The van der Waals surface area contributed by atoms with Crippen molar-refractivity contribution in [3.05, 3.63) is 29.0 Å². The van der Waals surface area contributed by atoms with E-state index in [1.807, 2.05) is 14.0 Å². The predicted molar refractivity (Wildman–Crippen MR) is 60.0 cm³/mol. The zero-order valence-electron chi connectivity index (χ0n) is 8.89. The molecule has 1 rings (SSSR count). The predicted octanol–water partition coefficient (Wildman–Crippen LogP) is 2.71. The smallest absolute Gasteiger partial charge is 0.173 e. The van der Waals surface area contributed by atoms with Gasteiger partial charge in [0.25, 0.3) is 0 Å². The lowest BCUT2D eigenvalue weighted by Crippen LogP contribution is -2.21. The molecular weight excluding hydrogens is 217 g/mol. The van der Waals surface area contributed by atoms with E-state index >= 15 is 0 Å². The van der Waals surface area contributed by atoms with Crippen LogP contribution in [0.4, 0.5) is 4.39 Å². The molecule has 0 aromatic heterocycles. The highest BCUT2D eigenvalue weighted by Crippen LogP contribution is 2.27. The van der Waals surface area contributed by atoms with Crippen LogP contribution in [0.15, 0.2) is 18.2 Å². The quantitative estimate of drug-likeness (QED) is 0.842. The van der Waals surface area contributed by atoms with Crippen LogP contribution in [0.1, 0.15) is 6.92 Å². The Hall–Kier alpha value is -0.800. The van der Waals surface area contributed by atoms with Gasteiger partial charge in [-0.1, -0.05) is 24.6 Å². The number of hydrogen-bond donors (Lipinski definition) is 1. The molecule has 0 fully saturated rings. The van der Waals surface area contributed by atoms with Crippen molar-refractivity contribution < 1.29 is 9.13 Å². The van der Waals surface area contributed by atoms with Gasteiger partial charge in [0.05, 0.1) is 11.6 Å².